The van der Waals surface area contributed by atoms with E-state index in [0.29, 0.717) is 29.9 Å². The molecule has 3 rings (SSSR count). The Hall–Kier alpha value is -4.34. The van der Waals surface area contributed by atoms with Gasteiger partial charge in [0.1, 0.15) is 12.0 Å². The number of carbonyl (C=O) groups excluding carboxylic acids is 3. The van der Waals surface area contributed by atoms with Crippen molar-refractivity contribution in [1.82, 2.24) is 0 Å². The van der Waals surface area contributed by atoms with Crippen LogP contribution in [0, 0.1) is 16.0 Å². The molecule has 0 N–H and O–H groups in total. The molecular formula is C27H28N2O8. The van der Waals surface area contributed by atoms with Crippen LogP contribution in [-0.2, 0) is 28.6 Å². The van der Waals surface area contributed by atoms with Crippen molar-refractivity contribution in [2.24, 2.45) is 10.9 Å². The number of nitrogens with zero attached hydrogens (tertiary/aromatic N) is 2. The van der Waals surface area contributed by atoms with Crippen molar-refractivity contribution in [3.05, 3.63) is 87.1 Å². The Morgan fingerprint density at radius 1 is 1.16 bits per heavy atom. The standard InChI is InChI=1S/C27H28N2O8/c1-4-36-27(32)25-21(13-14-22(37-16-30)18-9-6-5-7-10-18)28-17(2)23(26(31)35-3)24(25)19-11-8-12-20(15-19)29(33)34/h5-12,15-16,22-24H,4,13-14H2,1-3H3. The van der Waals surface area contributed by atoms with Gasteiger partial charge < -0.3 is 14.2 Å². The third-order valence-electron chi connectivity index (χ3n) is 6.14. The van der Waals surface area contributed by atoms with Crippen molar-refractivity contribution in [3.63, 3.8) is 0 Å². The molecule has 0 amide bonds. The van der Waals surface area contributed by atoms with Crippen LogP contribution in [0.4, 0.5) is 5.69 Å². The molecule has 2 aromatic carbocycles. The van der Waals surface area contributed by atoms with E-state index in [1.165, 1.54) is 25.3 Å². The summed E-state index contributed by atoms with van der Waals surface area (Å²) in [6.45, 7) is 3.74. The maximum Gasteiger partial charge on any atom is 0.336 e. The van der Waals surface area contributed by atoms with Crippen LogP contribution in [0.15, 0.2) is 70.9 Å². The first-order valence-electron chi connectivity index (χ1n) is 11.7. The number of ether oxygens (including phenoxy) is 3. The Bertz CT molecular complexity index is 1220. The molecule has 10 nitrogen and oxygen atoms in total. The fourth-order valence-corrected chi connectivity index (χ4v) is 4.51. The van der Waals surface area contributed by atoms with Gasteiger partial charge in [0.25, 0.3) is 12.2 Å². The second kappa shape index (κ2) is 12.6. The highest BCUT2D eigenvalue weighted by atomic mass is 16.6. The molecule has 2 aromatic rings. The number of non-ortho nitro benzene ring substituents is 1. The zero-order valence-electron chi connectivity index (χ0n) is 20.8. The van der Waals surface area contributed by atoms with Crippen LogP contribution < -0.4 is 0 Å². The van der Waals surface area contributed by atoms with Crippen molar-refractivity contribution in [2.45, 2.75) is 38.7 Å². The van der Waals surface area contributed by atoms with Gasteiger partial charge in [-0.2, -0.15) is 0 Å². The monoisotopic (exact) mass is 508 g/mol. The highest BCUT2D eigenvalue weighted by Gasteiger charge is 2.43. The molecular weight excluding hydrogens is 480 g/mol. The lowest BCUT2D eigenvalue weighted by atomic mass is 9.75. The molecule has 0 aromatic heterocycles. The number of allylic oxidation sites excluding steroid dienone is 1. The predicted molar refractivity (Wildman–Crippen MR) is 134 cm³/mol. The Labute approximate surface area is 214 Å². The summed E-state index contributed by atoms with van der Waals surface area (Å²) in [5.41, 5.74) is 1.81. The first-order valence-corrected chi connectivity index (χ1v) is 11.7. The molecule has 3 unspecified atom stereocenters. The van der Waals surface area contributed by atoms with Crippen molar-refractivity contribution < 1.29 is 33.5 Å². The van der Waals surface area contributed by atoms with E-state index in [2.05, 4.69) is 4.99 Å². The van der Waals surface area contributed by atoms with Crippen molar-refractivity contribution >= 4 is 29.8 Å². The van der Waals surface area contributed by atoms with E-state index in [0.717, 1.165) is 5.56 Å². The van der Waals surface area contributed by atoms with Gasteiger partial charge >= 0.3 is 11.9 Å². The quantitative estimate of drug-likeness (QED) is 0.143. The molecule has 0 aliphatic carbocycles. The van der Waals surface area contributed by atoms with E-state index in [4.69, 9.17) is 14.2 Å². The number of aliphatic imine (C=N–C) groups is 1. The van der Waals surface area contributed by atoms with Gasteiger partial charge in [-0.15, -0.1) is 0 Å². The lowest BCUT2D eigenvalue weighted by molar-refractivity contribution is -0.384. The average molecular weight is 509 g/mol. The second-order valence-electron chi connectivity index (χ2n) is 8.33. The van der Waals surface area contributed by atoms with E-state index in [-0.39, 0.29) is 24.3 Å². The van der Waals surface area contributed by atoms with Crippen LogP contribution in [0.1, 0.15) is 49.8 Å². The molecule has 1 heterocycles. The van der Waals surface area contributed by atoms with Crippen LogP contribution >= 0.6 is 0 Å². The Balaban J connectivity index is 2.14. The second-order valence-corrected chi connectivity index (χ2v) is 8.33. The molecule has 0 fully saturated rings. The van der Waals surface area contributed by atoms with Crippen LogP contribution in [0.5, 0.6) is 0 Å². The molecule has 37 heavy (non-hydrogen) atoms. The van der Waals surface area contributed by atoms with Gasteiger partial charge in [0.2, 0.25) is 0 Å². The summed E-state index contributed by atoms with van der Waals surface area (Å²) in [4.78, 5) is 52.9. The fraction of sp³-hybridized carbons (Fsp3) is 0.333. The van der Waals surface area contributed by atoms with Gasteiger partial charge in [-0.05, 0) is 37.8 Å². The molecule has 1 aliphatic heterocycles. The van der Waals surface area contributed by atoms with E-state index >= 15 is 0 Å². The van der Waals surface area contributed by atoms with Crippen LogP contribution in [0.25, 0.3) is 0 Å². The number of nitro groups is 1. The van der Waals surface area contributed by atoms with Gasteiger partial charge in [0, 0.05) is 23.8 Å². The predicted octanol–water partition coefficient (Wildman–Crippen LogP) is 4.45. The summed E-state index contributed by atoms with van der Waals surface area (Å²) in [7, 11) is 1.23. The summed E-state index contributed by atoms with van der Waals surface area (Å²) >= 11 is 0. The molecule has 10 heteroatoms. The summed E-state index contributed by atoms with van der Waals surface area (Å²) in [5.74, 6) is -3.25. The lowest BCUT2D eigenvalue weighted by Crippen LogP contribution is -2.36. The summed E-state index contributed by atoms with van der Waals surface area (Å²) in [6.07, 6.45) is -0.0969. The minimum atomic E-state index is -0.994. The minimum Gasteiger partial charge on any atom is -0.468 e. The molecule has 0 saturated carbocycles. The van der Waals surface area contributed by atoms with Gasteiger partial charge in [-0.25, -0.2) is 4.79 Å². The van der Waals surface area contributed by atoms with Crippen molar-refractivity contribution in [1.29, 1.82) is 0 Å². The first-order chi connectivity index (χ1) is 17.8. The molecule has 1 aliphatic rings. The number of hydrogen-bond donors (Lipinski definition) is 0. The number of methoxy groups -OCH3 is 1. The Kier molecular flexibility index (Phi) is 9.26. The fourth-order valence-electron chi connectivity index (χ4n) is 4.51. The molecule has 0 spiro atoms. The molecule has 0 bridgehead atoms. The normalized spacial score (nSPS) is 17.9. The smallest absolute Gasteiger partial charge is 0.336 e. The number of benzene rings is 2. The molecule has 194 valence electrons. The molecule has 3 atom stereocenters. The largest absolute Gasteiger partial charge is 0.468 e. The third kappa shape index (κ3) is 6.27. The highest BCUT2D eigenvalue weighted by Crippen LogP contribution is 2.42. The Morgan fingerprint density at radius 3 is 2.51 bits per heavy atom. The molecule has 0 saturated heterocycles. The van der Waals surface area contributed by atoms with Crippen LogP contribution in [0.2, 0.25) is 0 Å². The molecule has 0 radical (unpaired) electrons. The topological polar surface area (TPSA) is 134 Å². The van der Waals surface area contributed by atoms with E-state index < -0.39 is 34.8 Å². The minimum absolute atomic E-state index is 0.0732. The zero-order chi connectivity index (χ0) is 26.9. The van der Waals surface area contributed by atoms with Crippen molar-refractivity contribution in [3.8, 4) is 0 Å². The average Bonchev–Trinajstić information content (AvgIpc) is 2.90. The maximum atomic E-state index is 13.3. The highest BCUT2D eigenvalue weighted by molar-refractivity contribution is 6.07. The van der Waals surface area contributed by atoms with E-state index in [1.807, 2.05) is 30.3 Å². The number of esters is 2. The maximum absolute atomic E-state index is 13.3. The van der Waals surface area contributed by atoms with E-state index in [1.54, 1.807) is 19.9 Å². The summed E-state index contributed by atoms with van der Waals surface area (Å²) < 4.78 is 15.7. The summed E-state index contributed by atoms with van der Waals surface area (Å²) in [5, 5.41) is 11.5. The number of nitro benzene ring substituents is 1. The van der Waals surface area contributed by atoms with Gasteiger partial charge in [0.15, 0.2) is 0 Å². The van der Waals surface area contributed by atoms with Gasteiger partial charge in [-0.3, -0.25) is 24.7 Å². The van der Waals surface area contributed by atoms with E-state index in [9.17, 15) is 24.5 Å². The third-order valence-corrected chi connectivity index (χ3v) is 6.14. The van der Waals surface area contributed by atoms with Gasteiger partial charge in [0.05, 0.1) is 29.9 Å². The zero-order valence-corrected chi connectivity index (χ0v) is 20.8. The van der Waals surface area contributed by atoms with Gasteiger partial charge in [-0.1, -0.05) is 42.5 Å². The van der Waals surface area contributed by atoms with Crippen LogP contribution in [0.3, 0.4) is 0 Å². The lowest BCUT2D eigenvalue weighted by Gasteiger charge is -2.32. The summed E-state index contributed by atoms with van der Waals surface area (Å²) in [6, 6.07) is 14.9. The number of hydrogen-bond acceptors (Lipinski definition) is 9. The number of rotatable bonds is 11. The van der Waals surface area contributed by atoms with Crippen molar-refractivity contribution in [2.75, 3.05) is 13.7 Å². The number of carbonyl (C=O) groups is 3. The Morgan fingerprint density at radius 2 is 1.89 bits per heavy atom. The first kappa shape index (κ1) is 27.3. The SMILES string of the molecule is CCOC(=O)C1=C(CCC(OC=O)c2ccccc2)N=C(C)C(C(=O)OC)C1c1cccc([N+](=O)[O-])c1. The van der Waals surface area contributed by atoms with Crippen LogP contribution in [-0.4, -0.2) is 42.8 Å².